The van der Waals surface area contributed by atoms with Gasteiger partial charge >= 0.3 is 0 Å². The average molecular weight is 869 g/mol. The van der Waals surface area contributed by atoms with E-state index in [1.165, 1.54) is 24.8 Å². The molecule has 21 heteroatoms. The van der Waals surface area contributed by atoms with Crippen molar-refractivity contribution in [3.63, 3.8) is 0 Å². The van der Waals surface area contributed by atoms with Gasteiger partial charge in [-0.25, -0.2) is 15.2 Å². The monoisotopic (exact) mass is 868 g/mol. The normalized spacial score (nSPS) is 11.2. The van der Waals surface area contributed by atoms with E-state index in [0.29, 0.717) is 111 Å². The second kappa shape index (κ2) is 31.9. The SMILES string of the molecule is CSCC[C@H](NC(=O)c1cccc(OCC(=O)NCCCCCN(O)C(=O)CCC(=O)NCCCCCN(O)C(=O)CCC(=O)NCCCCCN(O)C(C)=O)c1)C(N)=O. The van der Waals surface area contributed by atoms with Gasteiger partial charge in [0, 0.05) is 77.4 Å². The fraction of sp³-hybridized carbons (Fsp3) is 0.641. The number of rotatable bonds is 33. The number of nitrogens with two attached hydrogens (primary N) is 1. The Kier molecular flexibility index (Phi) is 28.2. The van der Waals surface area contributed by atoms with Crippen molar-refractivity contribution in [2.75, 3.05) is 57.9 Å². The molecule has 0 heterocycles. The van der Waals surface area contributed by atoms with E-state index in [9.17, 15) is 54.0 Å². The molecule has 0 bridgehead atoms. The van der Waals surface area contributed by atoms with E-state index in [4.69, 9.17) is 10.5 Å². The smallest absolute Gasteiger partial charge is 0.257 e. The van der Waals surface area contributed by atoms with Gasteiger partial charge in [0.05, 0.1) is 0 Å². The van der Waals surface area contributed by atoms with Crippen LogP contribution in [-0.2, 0) is 33.6 Å². The van der Waals surface area contributed by atoms with Crippen LogP contribution in [0.25, 0.3) is 0 Å². The molecule has 338 valence electrons. The van der Waals surface area contributed by atoms with Crippen LogP contribution in [0.2, 0.25) is 0 Å². The predicted molar refractivity (Wildman–Crippen MR) is 221 cm³/mol. The van der Waals surface area contributed by atoms with Gasteiger partial charge in [-0.2, -0.15) is 11.8 Å². The topological polar surface area (TPSA) is 290 Å². The molecule has 1 rings (SSSR count). The lowest BCUT2D eigenvalue weighted by Crippen LogP contribution is -2.44. The lowest BCUT2D eigenvalue weighted by molar-refractivity contribution is -0.166. The molecule has 60 heavy (non-hydrogen) atoms. The highest BCUT2D eigenvalue weighted by molar-refractivity contribution is 7.98. The average Bonchev–Trinajstić information content (AvgIpc) is 3.22. The van der Waals surface area contributed by atoms with Gasteiger partial charge in [0.1, 0.15) is 11.8 Å². The number of primary amides is 1. The molecule has 8 amide bonds. The van der Waals surface area contributed by atoms with Crippen LogP contribution in [0.15, 0.2) is 24.3 Å². The first-order valence-corrected chi connectivity index (χ1v) is 21.6. The Morgan fingerprint density at radius 1 is 0.683 bits per heavy atom. The Morgan fingerprint density at radius 3 is 1.63 bits per heavy atom. The Morgan fingerprint density at radius 2 is 1.17 bits per heavy atom. The van der Waals surface area contributed by atoms with Gasteiger partial charge in [0.25, 0.3) is 11.8 Å². The van der Waals surface area contributed by atoms with Crippen molar-refractivity contribution in [1.82, 2.24) is 36.5 Å². The second-order valence-corrected chi connectivity index (χ2v) is 14.9. The molecule has 9 N–H and O–H groups in total. The van der Waals surface area contributed by atoms with Crippen LogP contribution in [-0.4, -0.2) is 142 Å². The molecule has 1 aromatic carbocycles. The van der Waals surface area contributed by atoms with E-state index in [-0.39, 0.29) is 75.2 Å². The molecule has 0 aliphatic carbocycles. The Bertz CT molecular complexity index is 1520. The molecular weight excluding hydrogens is 805 g/mol. The van der Waals surface area contributed by atoms with Crippen LogP contribution in [0, 0.1) is 0 Å². The zero-order valence-corrected chi connectivity index (χ0v) is 35.6. The minimum Gasteiger partial charge on any atom is -0.484 e. The molecule has 0 aliphatic rings. The molecule has 20 nitrogen and oxygen atoms in total. The van der Waals surface area contributed by atoms with Crippen LogP contribution in [0.1, 0.15) is 107 Å². The minimum absolute atomic E-state index is 0.0629. The summed E-state index contributed by atoms with van der Waals surface area (Å²) in [5.41, 5.74) is 5.64. The van der Waals surface area contributed by atoms with Gasteiger partial charge in [0.2, 0.25) is 35.4 Å². The van der Waals surface area contributed by atoms with Crippen molar-refractivity contribution in [2.45, 2.75) is 103 Å². The molecule has 0 radical (unpaired) electrons. The Hall–Kier alpha value is -4.99. The van der Waals surface area contributed by atoms with Crippen LogP contribution in [0.4, 0.5) is 0 Å². The van der Waals surface area contributed by atoms with Crippen molar-refractivity contribution in [1.29, 1.82) is 0 Å². The highest BCUT2D eigenvalue weighted by atomic mass is 32.2. The lowest BCUT2D eigenvalue weighted by atomic mass is 10.1. The summed E-state index contributed by atoms with van der Waals surface area (Å²) in [6, 6.07) is 5.40. The number of carbonyl (C=O) groups is 8. The standard InChI is InChI=1S/C39H64N8O12S/c1-29(48)45(56)23-9-3-6-20-41-33(49)15-17-36(52)46(57)24-10-4-7-21-42-34(50)16-18-37(53)47(58)25-11-5-8-22-43-35(51)28-59-31-14-12-13-30(27-31)39(55)44-32(38(40)54)19-26-60-2/h12-14,27,32,56-58H,3-11,15-26,28H2,1-2H3,(H2,40,54)(H,41,49)(H,42,50)(H,43,51)(H,44,55)/t32-/m0/s1. The molecule has 0 unspecified atom stereocenters. The number of benzene rings is 1. The van der Waals surface area contributed by atoms with Crippen LogP contribution in [0.5, 0.6) is 5.75 Å². The highest BCUT2D eigenvalue weighted by Gasteiger charge is 2.19. The van der Waals surface area contributed by atoms with E-state index in [1.54, 1.807) is 18.2 Å². The first-order chi connectivity index (χ1) is 28.6. The predicted octanol–water partition coefficient (Wildman–Crippen LogP) is 1.50. The molecule has 1 atom stereocenters. The van der Waals surface area contributed by atoms with Gasteiger partial charge in [-0.3, -0.25) is 54.0 Å². The number of amides is 8. The maximum atomic E-state index is 12.6. The van der Waals surface area contributed by atoms with Crippen molar-refractivity contribution in [3.05, 3.63) is 29.8 Å². The van der Waals surface area contributed by atoms with Gasteiger partial charge in [-0.1, -0.05) is 6.07 Å². The fourth-order valence-corrected chi connectivity index (χ4v) is 5.82. The molecule has 0 saturated carbocycles. The third kappa shape index (κ3) is 25.5. The molecular formula is C39H64N8O12S. The number of ether oxygens (including phenoxy) is 1. The third-order valence-corrected chi connectivity index (χ3v) is 9.55. The van der Waals surface area contributed by atoms with Crippen molar-refractivity contribution in [3.8, 4) is 5.75 Å². The number of unbranched alkanes of at least 4 members (excludes halogenated alkanes) is 6. The van der Waals surface area contributed by atoms with Crippen molar-refractivity contribution < 1.29 is 58.7 Å². The summed E-state index contributed by atoms with van der Waals surface area (Å²) in [6.07, 6.45) is 7.00. The van der Waals surface area contributed by atoms with Crippen LogP contribution in [0.3, 0.4) is 0 Å². The summed E-state index contributed by atoms with van der Waals surface area (Å²) < 4.78 is 5.51. The number of thioether (sulfide) groups is 1. The molecule has 1 aromatic rings. The summed E-state index contributed by atoms with van der Waals surface area (Å²) in [5.74, 6) is -2.83. The molecule has 0 aromatic heterocycles. The molecule has 0 aliphatic heterocycles. The summed E-state index contributed by atoms with van der Waals surface area (Å²) in [6.45, 7) is 2.40. The van der Waals surface area contributed by atoms with Gasteiger partial charge in [-0.15, -0.1) is 0 Å². The van der Waals surface area contributed by atoms with Crippen LogP contribution >= 0.6 is 11.8 Å². The highest BCUT2D eigenvalue weighted by Crippen LogP contribution is 2.14. The van der Waals surface area contributed by atoms with Crippen molar-refractivity contribution >= 4 is 59.0 Å². The summed E-state index contributed by atoms with van der Waals surface area (Å²) in [4.78, 5) is 95.9. The van der Waals surface area contributed by atoms with Gasteiger partial charge < -0.3 is 31.7 Å². The summed E-state index contributed by atoms with van der Waals surface area (Å²) in [7, 11) is 0. The second-order valence-electron chi connectivity index (χ2n) is 13.9. The Balaban J connectivity index is 2.10. The lowest BCUT2D eigenvalue weighted by Gasteiger charge is -2.15. The molecule has 0 saturated heterocycles. The third-order valence-electron chi connectivity index (χ3n) is 8.90. The fourth-order valence-electron chi connectivity index (χ4n) is 5.35. The van der Waals surface area contributed by atoms with E-state index in [1.807, 2.05) is 6.26 Å². The van der Waals surface area contributed by atoms with E-state index >= 15 is 0 Å². The van der Waals surface area contributed by atoms with E-state index in [2.05, 4.69) is 21.3 Å². The largest absolute Gasteiger partial charge is 0.484 e. The van der Waals surface area contributed by atoms with Gasteiger partial charge in [-0.05, 0) is 94.4 Å². The maximum absolute atomic E-state index is 12.6. The minimum atomic E-state index is -0.803. The maximum Gasteiger partial charge on any atom is 0.257 e. The summed E-state index contributed by atoms with van der Waals surface area (Å²) >= 11 is 1.53. The summed E-state index contributed by atoms with van der Waals surface area (Å²) in [5, 5.41) is 41.8. The number of hydrogen-bond donors (Lipinski definition) is 8. The molecule has 0 spiro atoms. The molecule has 0 fully saturated rings. The first-order valence-electron chi connectivity index (χ1n) is 20.2. The number of nitrogens with one attached hydrogen (secondary N) is 4. The van der Waals surface area contributed by atoms with E-state index < -0.39 is 35.6 Å². The number of carbonyl (C=O) groups excluding carboxylic acids is 8. The first kappa shape index (κ1) is 53.0. The quantitative estimate of drug-likeness (QED) is 0.0283. The zero-order chi connectivity index (χ0) is 44.7. The Labute approximate surface area is 355 Å². The zero-order valence-electron chi connectivity index (χ0n) is 34.8. The number of hydroxylamine groups is 6. The number of hydrogen-bond acceptors (Lipinski definition) is 13. The van der Waals surface area contributed by atoms with E-state index in [0.717, 1.165) is 0 Å². The van der Waals surface area contributed by atoms with Gasteiger partial charge in [0.15, 0.2) is 6.61 Å². The van der Waals surface area contributed by atoms with Crippen molar-refractivity contribution in [2.24, 2.45) is 5.73 Å². The van der Waals surface area contributed by atoms with Crippen LogP contribution < -0.4 is 31.7 Å². The number of nitrogens with zero attached hydrogens (tertiary/aromatic N) is 3.